The van der Waals surface area contributed by atoms with Crippen LogP contribution in [0.4, 0.5) is 11.4 Å². The Kier molecular flexibility index (Phi) is 3.45. The van der Waals surface area contributed by atoms with Crippen LogP contribution in [0.3, 0.4) is 0 Å². The molecule has 96 valence electrons. The minimum atomic E-state index is -0.840. The van der Waals surface area contributed by atoms with Gasteiger partial charge in [0.15, 0.2) is 0 Å². The van der Waals surface area contributed by atoms with Gasteiger partial charge >= 0.3 is 5.97 Å². The number of carbonyl (C=O) groups is 1. The van der Waals surface area contributed by atoms with Crippen molar-refractivity contribution in [2.45, 2.75) is 25.3 Å². The van der Waals surface area contributed by atoms with Crippen molar-refractivity contribution in [3.63, 3.8) is 0 Å². The first kappa shape index (κ1) is 12.3. The molecular weight excluding hydrogens is 236 g/mol. The fraction of sp³-hybridized carbons (Fsp3) is 0.417. The van der Waals surface area contributed by atoms with Crippen LogP contribution < -0.4 is 4.90 Å². The number of nitrogens with zero attached hydrogens (tertiary/aromatic N) is 2. The molecule has 0 aliphatic carbocycles. The zero-order valence-corrected chi connectivity index (χ0v) is 9.78. The highest BCUT2D eigenvalue weighted by molar-refractivity contribution is 5.78. The first-order valence-electron chi connectivity index (χ1n) is 5.83. The van der Waals surface area contributed by atoms with Gasteiger partial charge in [-0.2, -0.15) is 0 Å². The van der Waals surface area contributed by atoms with E-state index in [9.17, 15) is 14.9 Å². The van der Waals surface area contributed by atoms with Crippen LogP contribution in [0, 0.1) is 10.1 Å². The number of non-ortho nitro benzene ring substituents is 1. The number of piperidine rings is 1. The van der Waals surface area contributed by atoms with E-state index in [4.69, 9.17) is 5.11 Å². The van der Waals surface area contributed by atoms with Gasteiger partial charge in [-0.25, -0.2) is 4.79 Å². The largest absolute Gasteiger partial charge is 0.480 e. The van der Waals surface area contributed by atoms with Crippen molar-refractivity contribution >= 4 is 17.3 Å². The summed E-state index contributed by atoms with van der Waals surface area (Å²) in [4.78, 5) is 23.1. The molecule has 1 saturated heterocycles. The van der Waals surface area contributed by atoms with Crippen molar-refractivity contribution in [3.05, 3.63) is 34.4 Å². The second-order valence-electron chi connectivity index (χ2n) is 4.32. The molecule has 0 bridgehead atoms. The summed E-state index contributed by atoms with van der Waals surface area (Å²) in [5.74, 6) is -0.840. The second-order valence-corrected chi connectivity index (χ2v) is 4.32. The molecule has 0 spiro atoms. The highest BCUT2D eigenvalue weighted by Gasteiger charge is 2.28. The lowest BCUT2D eigenvalue weighted by atomic mass is 10.0. The highest BCUT2D eigenvalue weighted by atomic mass is 16.6. The number of hydrogen-bond donors (Lipinski definition) is 1. The molecule has 1 heterocycles. The van der Waals surface area contributed by atoms with Crippen LogP contribution in [-0.2, 0) is 4.79 Å². The maximum atomic E-state index is 11.2. The fourth-order valence-corrected chi connectivity index (χ4v) is 2.26. The minimum Gasteiger partial charge on any atom is -0.480 e. The zero-order chi connectivity index (χ0) is 13.1. The number of benzene rings is 1. The standard InChI is InChI=1S/C12H14N2O4/c15-12(16)11-3-1-2-8-13(11)9-4-6-10(7-5-9)14(17)18/h4-7,11H,1-3,8H2,(H,15,16)/t11-/m0/s1. The molecule has 1 atom stereocenters. The van der Waals surface area contributed by atoms with Gasteiger partial charge in [0.2, 0.25) is 0 Å². The van der Waals surface area contributed by atoms with Crippen molar-refractivity contribution in [3.8, 4) is 0 Å². The van der Waals surface area contributed by atoms with Crippen LogP contribution in [0.1, 0.15) is 19.3 Å². The minimum absolute atomic E-state index is 0.0163. The molecule has 6 heteroatoms. The van der Waals surface area contributed by atoms with Gasteiger partial charge in [0.05, 0.1) is 4.92 Å². The number of nitro benzene ring substituents is 1. The van der Waals surface area contributed by atoms with Gasteiger partial charge < -0.3 is 10.0 Å². The molecule has 1 aliphatic rings. The van der Waals surface area contributed by atoms with Gasteiger partial charge in [-0.3, -0.25) is 10.1 Å². The molecule has 0 saturated carbocycles. The van der Waals surface area contributed by atoms with E-state index in [2.05, 4.69) is 0 Å². The van der Waals surface area contributed by atoms with Gasteiger partial charge in [0.25, 0.3) is 5.69 Å². The molecular formula is C12H14N2O4. The molecule has 2 rings (SSSR count). The Morgan fingerprint density at radius 3 is 2.56 bits per heavy atom. The maximum Gasteiger partial charge on any atom is 0.326 e. The van der Waals surface area contributed by atoms with E-state index < -0.39 is 16.9 Å². The van der Waals surface area contributed by atoms with Crippen molar-refractivity contribution in [1.29, 1.82) is 0 Å². The third kappa shape index (κ3) is 2.42. The predicted molar refractivity (Wildman–Crippen MR) is 65.7 cm³/mol. The first-order valence-corrected chi connectivity index (χ1v) is 5.83. The van der Waals surface area contributed by atoms with Crippen LogP contribution >= 0.6 is 0 Å². The lowest BCUT2D eigenvalue weighted by molar-refractivity contribution is -0.384. The monoisotopic (exact) mass is 250 g/mol. The number of anilines is 1. The van der Waals surface area contributed by atoms with Gasteiger partial charge in [0.1, 0.15) is 6.04 Å². The van der Waals surface area contributed by atoms with E-state index in [0.29, 0.717) is 13.0 Å². The third-order valence-corrected chi connectivity index (χ3v) is 3.18. The molecule has 1 aromatic rings. The fourth-order valence-electron chi connectivity index (χ4n) is 2.26. The number of nitro groups is 1. The molecule has 1 aromatic carbocycles. The summed E-state index contributed by atoms with van der Waals surface area (Å²) in [6.07, 6.45) is 2.47. The maximum absolute atomic E-state index is 11.2. The molecule has 6 nitrogen and oxygen atoms in total. The Bertz CT molecular complexity index is 458. The summed E-state index contributed by atoms with van der Waals surface area (Å²) in [6, 6.07) is 5.50. The Hall–Kier alpha value is -2.11. The van der Waals surface area contributed by atoms with Gasteiger partial charge in [0, 0.05) is 24.4 Å². The number of carboxylic acid groups (broad SMARTS) is 1. The van der Waals surface area contributed by atoms with Crippen LogP contribution in [0.15, 0.2) is 24.3 Å². The van der Waals surface area contributed by atoms with Crippen LogP contribution in [0.25, 0.3) is 0 Å². The Morgan fingerprint density at radius 2 is 2.00 bits per heavy atom. The highest BCUT2D eigenvalue weighted by Crippen LogP contribution is 2.26. The summed E-state index contributed by atoms with van der Waals surface area (Å²) in [6.45, 7) is 0.675. The van der Waals surface area contributed by atoms with Crippen LogP contribution in [0.2, 0.25) is 0 Å². The molecule has 1 fully saturated rings. The van der Waals surface area contributed by atoms with E-state index >= 15 is 0 Å². The normalized spacial score (nSPS) is 19.6. The van der Waals surface area contributed by atoms with Crippen molar-refractivity contribution in [2.75, 3.05) is 11.4 Å². The van der Waals surface area contributed by atoms with Crippen molar-refractivity contribution in [2.24, 2.45) is 0 Å². The van der Waals surface area contributed by atoms with Gasteiger partial charge in [-0.1, -0.05) is 0 Å². The quantitative estimate of drug-likeness (QED) is 0.655. The lowest BCUT2D eigenvalue weighted by Crippen LogP contribution is -2.44. The number of rotatable bonds is 3. The molecule has 0 aromatic heterocycles. The lowest BCUT2D eigenvalue weighted by Gasteiger charge is -2.34. The molecule has 1 aliphatic heterocycles. The van der Waals surface area contributed by atoms with Gasteiger partial charge in [-0.05, 0) is 31.4 Å². The molecule has 0 amide bonds. The topological polar surface area (TPSA) is 83.7 Å². The summed E-state index contributed by atoms with van der Waals surface area (Å²) in [7, 11) is 0. The number of hydrogen-bond acceptors (Lipinski definition) is 4. The van der Waals surface area contributed by atoms with Crippen molar-refractivity contribution < 1.29 is 14.8 Å². The molecule has 18 heavy (non-hydrogen) atoms. The number of aliphatic carboxylic acids is 1. The molecule has 0 unspecified atom stereocenters. The first-order chi connectivity index (χ1) is 8.59. The third-order valence-electron chi connectivity index (χ3n) is 3.18. The smallest absolute Gasteiger partial charge is 0.326 e. The number of carboxylic acids is 1. The average Bonchev–Trinajstić information content (AvgIpc) is 2.39. The summed E-state index contributed by atoms with van der Waals surface area (Å²) in [5.41, 5.74) is 0.746. The van der Waals surface area contributed by atoms with Crippen molar-refractivity contribution in [1.82, 2.24) is 0 Å². The zero-order valence-electron chi connectivity index (χ0n) is 9.78. The summed E-state index contributed by atoms with van der Waals surface area (Å²) >= 11 is 0. The van der Waals surface area contributed by atoms with E-state index in [0.717, 1.165) is 18.5 Å². The average molecular weight is 250 g/mol. The summed E-state index contributed by atoms with van der Waals surface area (Å²) in [5, 5.41) is 19.7. The van der Waals surface area contributed by atoms with Crippen LogP contribution in [0.5, 0.6) is 0 Å². The van der Waals surface area contributed by atoms with Gasteiger partial charge in [-0.15, -0.1) is 0 Å². The predicted octanol–water partition coefficient (Wildman–Crippen LogP) is 2.04. The van der Waals surface area contributed by atoms with Crippen LogP contribution in [-0.4, -0.2) is 28.6 Å². The summed E-state index contributed by atoms with van der Waals surface area (Å²) < 4.78 is 0. The Morgan fingerprint density at radius 1 is 1.33 bits per heavy atom. The SMILES string of the molecule is O=C(O)[C@@H]1CCCCN1c1ccc([N+](=O)[O-])cc1. The Labute approximate surface area is 104 Å². The van der Waals surface area contributed by atoms with E-state index in [1.165, 1.54) is 12.1 Å². The van der Waals surface area contributed by atoms with E-state index in [1.807, 2.05) is 0 Å². The Balaban J connectivity index is 2.23. The molecule has 0 radical (unpaired) electrons. The second kappa shape index (κ2) is 5.03. The van der Waals surface area contributed by atoms with E-state index in [-0.39, 0.29) is 5.69 Å². The molecule has 1 N–H and O–H groups in total. The van der Waals surface area contributed by atoms with E-state index in [1.54, 1.807) is 17.0 Å².